The quantitative estimate of drug-likeness (QED) is 0.772. The molecule has 0 aromatic heterocycles. The second-order valence-electron chi connectivity index (χ2n) is 11.0. The van der Waals surface area contributed by atoms with Crippen molar-refractivity contribution in [2.45, 2.75) is 92.2 Å². The van der Waals surface area contributed by atoms with Gasteiger partial charge in [0, 0.05) is 11.5 Å². The molecule has 0 spiro atoms. The number of carbonyl (C=O) groups is 2. The van der Waals surface area contributed by atoms with E-state index in [9.17, 15) is 9.59 Å². The van der Waals surface area contributed by atoms with Crippen molar-refractivity contribution >= 4 is 11.9 Å². The molecule has 0 aromatic carbocycles. The smallest absolute Gasteiger partial charge is 0.313 e. The summed E-state index contributed by atoms with van der Waals surface area (Å²) in [4.78, 5) is 25.9. The van der Waals surface area contributed by atoms with Gasteiger partial charge in [-0.05, 0) is 55.3 Å². The third-order valence-electron chi connectivity index (χ3n) is 10.3. The van der Waals surface area contributed by atoms with Crippen LogP contribution in [0.2, 0.25) is 0 Å². The van der Waals surface area contributed by atoms with Crippen LogP contribution in [0.4, 0.5) is 0 Å². The molecule has 4 heteroatoms. The third-order valence-corrected chi connectivity index (χ3v) is 10.3. The van der Waals surface area contributed by atoms with Crippen LogP contribution in [0, 0.1) is 27.1 Å². The monoisotopic (exact) mass is 347 g/mol. The van der Waals surface area contributed by atoms with E-state index in [1.807, 2.05) is 20.8 Å². The van der Waals surface area contributed by atoms with E-state index in [2.05, 4.69) is 33.0 Å². The minimum Gasteiger partial charge on any atom is -0.448 e. The van der Waals surface area contributed by atoms with Gasteiger partial charge in [-0.1, -0.05) is 41.5 Å². The molecule has 25 heavy (non-hydrogen) atoms. The average Bonchev–Trinajstić information content (AvgIpc) is 2.94. The summed E-state index contributed by atoms with van der Waals surface area (Å²) >= 11 is 0. The van der Waals surface area contributed by atoms with E-state index in [0.717, 1.165) is 19.3 Å². The lowest BCUT2D eigenvalue weighted by Crippen LogP contribution is -2.58. The van der Waals surface area contributed by atoms with Gasteiger partial charge in [0.15, 0.2) is 5.60 Å². The van der Waals surface area contributed by atoms with Gasteiger partial charge >= 0.3 is 5.97 Å². The molecule has 4 fully saturated rings. The first kappa shape index (κ1) is 17.4. The van der Waals surface area contributed by atoms with Gasteiger partial charge in [0.2, 0.25) is 0 Å². The number of hydrogen-bond donors (Lipinski definition) is 1. The van der Waals surface area contributed by atoms with Crippen LogP contribution in [0.5, 0.6) is 0 Å². The van der Waals surface area contributed by atoms with Crippen molar-refractivity contribution in [3.05, 3.63) is 0 Å². The fourth-order valence-electron chi connectivity index (χ4n) is 6.73. The summed E-state index contributed by atoms with van der Waals surface area (Å²) in [5, 5.41) is 3.37. The van der Waals surface area contributed by atoms with E-state index in [4.69, 9.17) is 4.74 Å². The molecule has 4 rings (SSSR count). The molecule has 1 aliphatic heterocycles. The Morgan fingerprint density at radius 3 is 2.00 bits per heavy atom. The molecule has 5 atom stereocenters. The third kappa shape index (κ3) is 1.54. The van der Waals surface area contributed by atoms with E-state index in [0.29, 0.717) is 6.42 Å². The van der Waals surface area contributed by atoms with Crippen LogP contribution in [0.3, 0.4) is 0 Å². The fourth-order valence-corrected chi connectivity index (χ4v) is 6.73. The minimum atomic E-state index is -0.998. The summed E-state index contributed by atoms with van der Waals surface area (Å²) in [5.41, 5.74) is -1.46. The van der Waals surface area contributed by atoms with Crippen LogP contribution in [-0.2, 0) is 14.3 Å². The zero-order valence-electron chi connectivity index (χ0n) is 16.8. The molecule has 4 bridgehead atoms. The highest BCUT2D eigenvalue weighted by Crippen LogP contribution is 2.72. The second kappa shape index (κ2) is 4.26. The lowest BCUT2D eigenvalue weighted by molar-refractivity contribution is -0.169. The number of hydrogen-bond acceptors (Lipinski definition) is 3. The molecule has 0 aromatic rings. The van der Waals surface area contributed by atoms with Crippen LogP contribution in [0.25, 0.3) is 0 Å². The van der Waals surface area contributed by atoms with Crippen molar-refractivity contribution in [2.24, 2.45) is 27.1 Å². The van der Waals surface area contributed by atoms with E-state index in [1.165, 1.54) is 6.42 Å². The lowest BCUT2D eigenvalue weighted by atomic mass is 9.65. The van der Waals surface area contributed by atoms with Crippen LogP contribution >= 0.6 is 0 Å². The molecule has 1 N–H and O–H groups in total. The molecule has 3 saturated carbocycles. The molecule has 1 saturated heterocycles. The van der Waals surface area contributed by atoms with Gasteiger partial charge < -0.3 is 10.1 Å². The molecule has 0 unspecified atom stereocenters. The van der Waals surface area contributed by atoms with E-state index >= 15 is 0 Å². The average molecular weight is 347 g/mol. The molecule has 1 heterocycles. The van der Waals surface area contributed by atoms with Crippen LogP contribution in [-0.4, -0.2) is 23.5 Å². The summed E-state index contributed by atoms with van der Waals surface area (Å²) in [6.07, 6.45) is 4.77. The molecule has 3 aliphatic carbocycles. The first-order valence-corrected chi connectivity index (χ1v) is 9.82. The van der Waals surface area contributed by atoms with Crippen molar-refractivity contribution in [2.75, 3.05) is 0 Å². The molecule has 4 aliphatic rings. The predicted octanol–water partition coefficient (Wildman–Crippen LogP) is 3.83. The van der Waals surface area contributed by atoms with Crippen LogP contribution < -0.4 is 5.32 Å². The number of carbonyl (C=O) groups excluding carboxylic acids is 2. The first-order chi connectivity index (χ1) is 11.3. The van der Waals surface area contributed by atoms with Crippen LogP contribution in [0.15, 0.2) is 0 Å². The van der Waals surface area contributed by atoms with Gasteiger partial charge in [-0.2, -0.15) is 0 Å². The fraction of sp³-hybridized carbons (Fsp3) is 0.905. The molecule has 0 radical (unpaired) electrons. The maximum absolute atomic E-state index is 13.4. The SMILES string of the molecule is CC1(C)[C@@]2(C)CC[C@@]1(C)[C@H](NC(=O)[C@]13CC[C@](C)(C(=O)O1)C3(C)C)C2. The molecule has 4 nitrogen and oxygen atoms in total. The topological polar surface area (TPSA) is 55.4 Å². The summed E-state index contributed by atoms with van der Waals surface area (Å²) in [5.74, 6) is -0.268. The number of amides is 1. The zero-order chi connectivity index (χ0) is 18.7. The standard InChI is InChI=1S/C21H33NO3/c1-16(2)18(5)8-9-19(16,6)13(12-18)22-14(23)21-11-10-20(7,15(24)25-21)17(21,3)4/h13H,8-12H2,1-7H3,(H,22,23)/t13-,18+,19+,20-,21+/m1/s1. The predicted molar refractivity (Wildman–Crippen MR) is 95.7 cm³/mol. The number of fused-ring (bicyclic) bond motifs is 4. The van der Waals surface area contributed by atoms with E-state index in [-0.39, 0.29) is 34.2 Å². The summed E-state index contributed by atoms with van der Waals surface area (Å²) in [6, 6.07) is 0.157. The molecule has 140 valence electrons. The Bertz CT molecular complexity index is 683. The van der Waals surface area contributed by atoms with Crippen molar-refractivity contribution in [1.29, 1.82) is 0 Å². The first-order valence-electron chi connectivity index (χ1n) is 9.82. The van der Waals surface area contributed by atoms with E-state index in [1.54, 1.807) is 0 Å². The number of rotatable bonds is 2. The number of ether oxygens (including phenoxy) is 1. The van der Waals surface area contributed by atoms with Gasteiger partial charge in [-0.15, -0.1) is 0 Å². The molecular formula is C21H33NO3. The van der Waals surface area contributed by atoms with Crippen molar-refractivity contribution in [1.82, 2.24) is 5.32 Å². The van der Waals surface area contributed by atoms with Gasteiger partial charge in [0.05, 0.1) is 5.41 Å². The van der Waals surface area contributed by atoms with Gasteiger partial charge in [-0.3, -0.25) is 9.59 Å². The summed E-state index contributed by atoms with van der Waals surface area (Å²) in [6.45, 7) is 15.4. The summed E-state index contributed by atoms with van der Waals surface area (Å²) < 4.78 is 5.78. The number of nitrogens with one attached hydrogen (secondary N) is 1. The summed E-state index contributed by atoms with van der Waals surface area (Å²) in [7, 11) is 0. The number of esters is 1. The van der Waals surface area contributed by atoms with E-state index < -0.39 is 16.4 Å². The Morgan fingerprint density at radius 2 is 1.60 bits per heavy atom. The Balaban J connectivity index is 1.64. The highest BCUT2D eigenvalue weighted by Gasteiger charge is 2.76. The Kier molecular flexibility index (Phi) is 2.95. The Hall–Kier alpha value is -1.06. The lowest BCUT2D eigenvalue weighted by Gasteiger charge is -2.42. The minimum absolute atomic E-state index is 0.0646. The van der Waals surface area contributed by atoms with Crippen LogP contribution in [0.1, 0.15) is 80.6 Å². The highest BCUT2D eigenvalue weighted by atomic mass is 16.6. The van der Waals surface area contributed by atoms with Crippen molar-refractivity contribution in [3.63, 3.8) is 0 Å². The van der Waals surface area contributed by atoms with Crippen molar-refractivity contribution < 1.29 is 14.3 Å². The Morgan fingerprint density at radius 1 is 0.960 bits per heavy atom. The van der Waals surface area contributed by atoms with Gasteiger partial charge in [-0.25, -0.2) is 0 Å². The highest BCUT2D eigenvalue weighted by molar-refractivity contribution is 5.96. The van der Waals surface area contributed by atoms with Gasteiger partial charge in [0.1, 0.15) is 0 Å². The maximum atomic E-state index is 13.4. The van der Waals surface area contributed by atoms with Gasteiger partial charge in [0.25, 0.3) is 5.91 Å². The second-order valence-corrected chi connectivity index (χ2v) is 11.0. The largest absolute Gasteiger partial charge is 0.448 e. The Labute approximate surface area is 151 Å². The molecule has 1 amide bonds. The zero-order valence-corrected chi connectivity index (χ0v) is 16.8. The maximum Gasteiger partial charge on any atom is 0.313 e. The van der Waals surface area contributed by atoms with Crippen molar-refractivity contribution in [3.8, 4) is 0 Å². The molecular weight excluding hydrogens is 314 g/mol. The normalized spacial score (nSPS) is 51.6.